The molecule has 0 radical (unpaired) electrons. The van der Waals surface area contributed by atoms with Crippen molar-refractivity contribution >= 4 is 35.8 Å². The Labute approximate surface area is 147 Å². The summed E-state index contributed by atoms with van der Waals surface area (Å²) < 4.78 is 0. The molecule has 3 rings (SSSR count). The lowest BCUT2D eigenvalue weighted by Crippen LogP contribution is -2.22. The summed E-state index contributed by atoms with van der Waals surface area (Å²) in [5.41, 5.74) is 3.17. The number of thioether (sulfide) groups is 1. The van der Waals surface area contributed by atoms with Crippen LogP contribution >= 0.6 is 24.2 Å². The molecule has 23 heavy (non-hydrogen) atoms. The molecule has 1 heterocycles. The summed E-state index contributed by atoms with van der Waals surface area (Å²) in [4.78, 5) is 13.9. The van der Waals surface area contributed by atoms with E-state index in [2.05, 4.69) is 35.8 Å². The highest BCUT2D eigenvalue weighted by Gasteiger charge is 2.29. The first kappa shape index (κ1) is 17.9. The van der Waals surface area contributed by atoms with Crippen LogP contribution in [0.2, 0.25) is 0 Å². The number of carbonyl (C=O) groups excluding carboxylic acids is 1. The molecule has 2 aromatic carbocycles. The van der Waals surface area contributed by atoms with Crippen LogP contribution in [0.1, 0.15) is 24.0 Å². The zero-order valence-electron chi connectivity index (χ0n) is 13.0. The van der Waals surface area contributed by atoms with Gasteiger partial charge in [-0.15, -0.1) is 24.2 Å². The zero-order chi connectivity index (χ0) is 15.4. The van der Waals surface area contributed by atoms with Gasteiger partial charge in [-0.1, -0.05) is 43.3 Å². The van der Waals surface area contributed by atoms with Crippen LogP contribution in [-0.2, 0) is 11.3 Å². The number of anilines is 1. The SMILES string of the molecule is CCNCc1ccccc1NC(=O)C1CSc2ccccc21.Cl. The van der Waals surface area contributed by atoms with Crippen LogP contribution in [-0.4, -0.2) is 18.2 Å². The maximum Gasteiger partial charge on any atom is 0.232 e. The minimum absolute atomic E-state index is 0. The number of hydrogen-bond donors (Lipinski definition) is 2. The van der Waals surface area contributed by atoms with Gasteiger partial charge in [-0.3, -0.25) is 4.79 Å². The largest absolute Gasteiger partial charge is 0.325 e. The van der Waals surface area contributed by atoms with Crippen molar-refractivity contribution in [1.29, 1.82) is 0 Å². The first-order valence-electron chi connectivity index (χ1n) is 7.60. The van der Waals surface area contributed by atoms with E-state index in [0.29, 0.717) is 0 Å². The molecule has 0 aliphatic carbocycles. The van der Waals surface area contributed by atoms with Gasteiger partial charge in [0.15, 0.2) is 0 Å². The lowest BCUT2D eigenvalue weighted by Gasteiger charge is -2.15. The third kappa shape index (κ3) is 4.08. The predicted molar refractivity (Wildman–Crippen MR) is 99.6 cm³/mol. The monoisotopic (exact) mass is 348 g/mol. The molecule has 1 unspecified atom stereocenters. The summed E-state index contributed by atoms with van der Waals surface area (Å²) in [6.07, 6.45) is 0. The molecule has 0 aromatic heterocycles. The normalized spacial score (nSPS) is 15.6. The van der Waals surface area contributed by atoms with Crippen LogP contribution in [0, 0.1) is 0 Å². The number of carbonyl (C=O) groups is 1. The average molecular weight is 349 g/mol. The Hall–Kier alpha value is -1.49. The minimum atomic E-state index is -0.0617. The van der Waals surface area contributed by atoms with Crippen LogP contribution < -0.4 is 10.6 Å². The van der Waals surface area contributed by atoms with Crippen LogP contribution in [0.25, 0.3) is 0 Å². The highest BCUT2D eigenvalue weighted by atomic mass is 35.5. The molecule has 1 amide bonds. The molecular formula is C18H21ClN2OS. The highest BCUT2D eigenvalue weighted by Crippen LogP contribution is 2.39. The summed E-state index contributed by atoms with van der Waals surface area (Å²) in [6, 6.07) is 16.2. The van der Waals surface area contributed by atoms with E-state index in [1.54, 1.807) is 11.8 Å². The standard InChI is InChI=1S/C18H20N2OS.ClH/c1-2-19-11-13-7-3-5-9-16(13)20-18(21)15-12-22-17-10-6-4-8-14(15)17;/h3-10,15,19H,2,11-12H2,1H3,(H,20,21);1H. The Kier molecular flexibility index (Phi) is 6.51. The Bertz CT molecular complexity index is 678. The average Bonchev–Trinajstić information content (AvgIpc) is 2.98. The molecule has 1 aliphatic heterocycles. The van der Waals surface area contributed by atoms with E-state index >= 15 is 0 Å². The summed E-state index contributed by atoms with van der Waals surface area (Å²) >= 11 is 1.76. The zero-order valence-corrected chi connectivity index (χ0v) is 14.7. The summed E-state index contributed by atoms with van der Waals surface area (Å²) in [6.45, 7) is 3.76. The second-order valence-corrected chi connectivity index (χ2v) is 6.39. The van der Waals surface area contributed by atoms with Crippen molar-refractivity contribution in [3.63, 3.8) is 0 Å². The lowest BCUT2D eigenvalue weighted by atomic mass is 10.0. The van der Waals surface area contributed by atoms with Gasteiger partial charge < -0.3 is 10.6 Å². The van der Waals surface area contributed by atoms with Crippen LogP contribution in [0.5, 0.6) is 0 Å². The van der Waals surface area contributed by atoms with Gasteiger partial charge in [-0.2, -0.15) is 0 Å². The molecule has 2 N–H and O–H groups in total. The molecular weight excluding hydrogens is 328 g/mol. The Morgan fingerprint density at radius 2 is 1.91 bits per heavy atom. The van der Waals surface area contributed by atoms with Crippen molar-refractivity contribution < 1.29 is 4.79 Å². The van der Waals surface area contributed by atoms with Crippen molar-refractivity contribution in [1.82, 2.24) is 5.32 Å². The molecule has 0 saturated carbocycles. The van der Waals surface area contributed by atoms with Crippen molar-refractivity contribution in [2.45, 2.75) is 24.3 Å². The van der Waals surface area contributed by atoms with Crippen LogP contribution in [0.4, 0.5) is 5.69 Å². The number of para-hydroxylation sites is 1. The smallest absolute Gasteiger partial charge is 0.232 e. The molecule has 2 aromatic rings. The second kappa shape index (κ2) is 8.39. The van der Waals surface area contributed by atoms with E-state index in [0.717, 1.165) is 35.7 Å². The number of amides is 1. The fourth-order valence-electron chi connectivity index (χ4n) is 2.66. The van der Waals surface area contributed by atoms with Gasteiger partial charge in [-0.25, -0.2) is 0 Å². The summed E-state index contributed by atoms with van der Waals surface area (Å²) in [7, 11) is 0. The van der Waals surface area contributed by atoms with Crippen molar-refractivity contribution in [3.05, 3.63) is 59.7 Å². The van der Waals surface area contributed by atoms with Gasteiger partial charge in [0, 0.05) is 22.9 Å². The maximum absolute atomic E-state index is 12.7. The Balaban J connectivity index is 0.00000192. The molecule has 0 saturated heterocycles. The molecule has 122 valence electrons. The van der Waals surface area contributed by atoms with E-state index in [9.17, 15) is 4.79 Å². The topological polar surface area (TPSA) is 41.1 Å². The first-order valence-corrected chi connectivity index (χ1v) is 8.59. The van der Waals surface area contributed by atoms with Gasteiger partial charge >= 0.3 is 0 Å². The molecule has 1 atom stereocenters. The molecule has 0 spiro atoms. The molecule has 3 nitrogen and oxygen atoms in total. The van der Waals surface area contributed by atoms with E-state index in [1.807, 2.05) is 30.3 Å². The minimum Gasteiger partial charge on any atom is -0.325 e. The van der Waals surface area contributed by atoms with Crippen LogP contribution in [0.3, 0.4) is 0 Å². The van der Waals surface area contributed by atoms with E-state index in [1.165, 1.54) is 4.90 Å². The van der Waals surface area contributed by atoms with Crippen molar-refractivity contribution in [2.24, 2.45) is 0 Å². The second-order valence-electron chi connectivity index (χ2n) is 5.33. The number of nitrogens with one attached hydrogen (secondary N) is 2. The summed E-state index contributed by atoms with van der Waals surface area (Å²) in [5, 5.41) is 6.42. The number of rotatable bonds is 5. The highest BCUT2D eigenvalue weighted by molar-refractivity contribution is 7.99. The fourth-order valence-corrected chi connectivity index (χ4v) is 3.88. The number of benzene rings is 2. The predicted octanol–water partition coefficient (Wildman–Crippen LogP) is 4.05. The van der Waals surface area contributed by atoms with E-state index in [4.69, 9.17) is 0 Å². The maximum atomic E-state index is 12.7. The number of halogens is 1. The van der Waals surface area contributed by atoms with Crippen LogP contribution in [0.15, 0.2) is 53.4 Å². The van der Waals surface area contributed by atoms with Gasteiger partial charge in [-0.05, 0) is 29.8 Å². The van der Waals surface area contributed by atoms with Gasteiger partial charge in [0.1, 0.15) is 0 Å². The van der Waals surface area contributed by atoms with Gasteiger partial charge in [0.2, 0.25) is 5.91 Å². The summed E-state index contributed by atoms with van der Waals surface area (Å²) in [5.74, 6) is 0.843. The van der Waals surface area contributed by atoms with E-state index < -0.39 is 0 Å². The fraction of sp³-hybridized carbons (Fsp3) is 0.278. The lowest BCUT2D eigenvalue weighted by molar-refractivity contribution is -0.117. The van der Waals surface area contributed by atoms with Gasteiger partial charge in [0.25, 0.3) is 0 Å². The molecule has 1 aliphatic rings. The molecule has 5 heteroatoms. The Morgan fingerprint density at radius 3 is 2.74 bits per heavy atom. The first-order chi connectivity index (χ1) is 10.8. The third-order valence-electron chi connectivity index (χ3n) is 3.86. The number of hydrogen-bond acceptors (Lipinski definition) is 3. The van der Waals surface area contributed by atoms with Crippen molar-refractivity contribution in [2.75, 3.05) is 17.6 Å². The van der Waals surface area contributed by atoms with E-state index in [-0.39, 0.29) is 24.2 Å². The third-order valence-corrected chi connectivity index (χ3v) is 5.04. The quantitative estimate of drug-likeness (QED) is 0.856. The molecule has 0 fully saturated rings. The molecule has 0 bridgehead atoms. The number of fused-ring (bicyclic) bond motifs is 1. The van der Waals surface area contributed by atoms with Gasteiger partial charge in [0.05, 0.1) is 5.92 Å². The Morgan fingerprint density at radius 1 is 1.17 bits per heavy atom. The van der Waals surface area contributed by atoms with Crippen molar-refractivity contribution in [3.8, 4) is 0 Å².